The molecule has 5 heteroatoms. The summed E-state index contributed by atoms with van der Waals surface area (Å²) in [6.07, 6.45) is 1.03. The summed E-state index contributed by atoms with van der Waals surface area (Å²) < 4.78 is 0. The van der Waals surface area contributed by atoms with Gasteiger partial charge in [-0.3, -0.25) is 10.6 Å². The second kappa shape index (κ2) is 6.54. The van der Waals surface area contributed by atoms with Gasteiger partial charge < -0.3 is 10.7 Å². The lowest BCUT2D eigenvalue weighted by atomic mass is 10.1. The quantitative estimate of drug-likeness (QED) is 0.585. The van der Waals surface area contributed by atoms with Gasteiger partial charge in [-0.25, -0.2) is 0 Å². The Hall–Kier alpha value is -1.85. The van der Waals surface area contributed by atoms with Gasteiger partial charge in [-0.1, -0.05) is 18.6 Å². The van der Waals surface area contributed by atoms with Gasteiger partial charge in [0.15, 0.2) is 0 Å². The Balaban J connectivity index is 2.06. The minimum absolute atomic E-state index is 0.118. The van der Waals surface area contributed by atoms with Crippen LogP contribution >= 0.6 is 11.3 Å². The highest BCUT2D eigenvalue weighted by Gasteiger charge is 2.11. The van der Waals surface area contributed by atoms with E-state index >= 15 is 0 Å². The van der Waals surface area contributed by atoms with E-state index in [2.05, 4.69) is 29.8 Å². The average molecular weight is 289 g/mol. The number of hydrazine groups is 1. The normalized spacial score (nSPS) is 10.3. The summed E-state index contributed by atoms with van der Waals surface area (Å²) in [5, 5.41) is 2.93. The molecule has 0 aliphatic heterocycles. The van der Waals surface area contributed by atoms with Crippen molar-refractivity contribution in [3.05, 3.63) is 51.2 Å². The lowest BCUT2D eigenvalue weighted by Gasteiger charge is -2.10. The summed E-state index contributed by atoms with van der Waals surface area (Å²) in [6, 6.07) is 9.72. The van der Waals surface area contributed by atoms with Crippen LogP contribution in [0, 0.1) is 6.92 Å². The maximum atomic E-state index is 12.2. The highest BCUT2D eigenvalue weighted by Crippen LogP contribution is 2.18. The largest absolute Gasteiger partial charge is 0.347 e. The molecule has 4 nitrogen and oxygen atoms in total. The third-order valence-electron chi connectivity index (χ3n) is 3.06. The highest BCUT2D eigenvalue weighted by atomic mass is 32.1. The van der Waals surface area contributed by atoms with Crippen LogP contribution in [0.2, 0.25) is 0 Å². The fraction of sp³-hybridized carbons (Fsp3) is 0.267. The predicted octanol–water partition coefficient (Wildman–Crippen LogP) is 2.83. The third kappa shape index (κ3) is 3.37. The first-order valence-electron chi connectivity index (χ1n) is 6.57. The van der Waals surface area contributed by atoms with Crippen LogP contribution < -0.4 is 16.6 Å². The number of nitrogen functional groups attached to an aromatic ring is 1. The number of aryl methyl sites for hydroxylation is 2. The Labute approximate surface area is 123 Å². The lowest BCUT2D eigenvalue weighted by Crippen LogP contribution is -2.24. The molecule has 0 aliphatic carbocycles. The molecule has 1 aromatic heterocycles. The smallest absolute Gasteiger partial charge is 0.253 e. The summed E-state index contributed by atoms with van der Waals surface area (Å²) in [5.74, 6) is 5.32. The molecule has 0 saturated heterocycles. The number of benzene rings is 1. The summed E-state index contributed by atoms with van der Waals surface area (Å²) in [6.45, 7) is 4.62. The van der Waals surface area contributed by atoms with E-state index in [1.54, 1.807) is 11.3 Å². The number of anilines is 1. The minimum atomic E-state index is -0.118. The molecular weight excluding hydrogens is 270 g/mol. The molecule has 0 bridgehead atoms. The first-order chi connectivity index (χ1) is 9.63. The van der Waals surface area contributed by atoms with E-state index in [9.17, 15) is 4.79 Å². The van der Waals surface area contributed by atoms with Crippen LogP contribution in [-0.2, 0) is 13.0 Å². The van der Waals surface area contributed by atoms with E-state index in [1.807, 2.05) is 25.1 Å². The van der Waals surface area contributed by atoms with Crippen molar-refractivity contribution >= 4 is 22.9 Å². The standard InChI is InChI=1S/C15H19N3OS/c1-3-11-5-6-12(20-11)9-17-15(19)13-8-10(2)4-7-14(13)18-16/h4-8,18H,3,9,16H2,1-2H3,(H,17,19). The molecule has 0 fully saturated rings. The van der Waals surface area contributed by atoms with Crippen molar-refractivity contribution in [2.75, 3.05) is 5.43 Å². The highest BCUT2D eigenvalue weighted by molar-refractivity contribution is 7.11. The molecule has 0 aliphatic rings. The molecule has 2 rings (SSSR count). The predicted molar refractivity (Wildman–Crippen MR) is 83.9 cm³/mol. The second-order valence-corrected chi connectivity index (χ2v) is 5.85. The number of carbonyl (C=O) groups excluding carboxylic acids is 1. The van der Waals surface area contributed by atoms with E-state index in [-0.39, 0.29) is 5.91 Å². The van der Waals surface area contributed by atoms with E-state index in [0.29, 0.717) is 17.8 Å². The summed E-state index contributed by atoms with van der Waals surface area (Å²) in [4.78, 5) is 14.7. The van der Waals surface area contributed by atoms with Crippen LogP contribution in [0.4, 0.5) is 5.69 Å². The summed E-state index contributed by atoms with van der Waals surface area (Å²) in [5.41, 5.74) is 4.79. The monoisotopic (exact) mass is 289 g/mol. The molecule has 1 aromatic carbocycles. The van der Waals surface area contributed by atoms with E-state index < -0.39 is 0 Å². The van der Waals surface area contributed by atoms with Gasteiger partial charge in [0.05, 0.1) is 17.8 Å². The number of thiophene rings is 1. The number of nitrogens with one attached hydrogen (secondary N) is 2. The van der Waals surface area contributed by atoms with Crippen molar-refractivity contribution < 1.29 is 4.79 Å². The molecule has 4 N–H and O–H groups in total. The number of amides is 1. The minimum Gasteiger partial charge on any atom is -0.347 e. The maximum Gasteiger partial charge on any atom is 0.253 e. The Bertz CT molecular complexity index is 607. The van der Waals surface area contributed by atoms with E-state index in [0.717, 1.165) is 16.9 Å². The molecule has 2 aromatic rings. The number of hydrogen-bond donors (Lipinski definition) is 3. The Morgan fingerprint density at radius 3 is 2.65 bits per heavy atom. The SMILES string of the molecule is CCc1ccc(CNC(=O)c2cc(C)ccc2NN)s1. The Morgan fingerprint density at radius 2 is 2.00 bits per heavy atom. The molecule has 0 unspecified atom stereocenters. The van der Waals surface area contributed by atoms with Gasteiger partial charge in [0.2, 0.25) is 0 Å². The summed E-state index contributed by atoms with van der Waals surface area (Å²) >= 11 is 1.73. The van der Waals surface area contributed by atoms with E-state index in [1.165, 1.54) is 4.88 Å². The molecule has 0 spiro atoms. The molecular formula is C15H19N3OS. The average Bonchev–Trinajstić information content (AvgIpc) is 2.92. The van der Waals surface area contributed by atoms with Crippen molar-refractivity contribution in [3.63, 3.8) is 0 Å². The Morgan fingerprint density at radius 1 is 1.25 bits per heavy atom. The van der Waals surface area contributed by atoms with Crippen molar-refractivity contribution in [2.24, 2.45) is 5.84 Å². The number of nitrogens with two attached hydrogens (primary N) is 1. The summed E-state index contributed by atoms with van der Waals surface area (Å²) in [7, 11) is 0. The molecule has 0 radical (unpaired) electrons. The van der Waals surface area contributed by atoms with Gasteiger partial charge in [0, 0.05) is 9.75 Å². The first-order valence-corrected chi connectivity index (χ1v) is 7.38. The van der Waals surface area contributed by atoms with Crippen LogP contribution in [0.15, 0.2) is 30.3 Å². The van der Waals surface area contributed by atoms with Gasteiger partial charge in [0.1, 0.15) is 0 Å². The van der Waals surface area contributed by atoms with E-state index in [4.69, 9.17) is 5.84 Å². The van der Waals surface area contributed by atoms with Crippen LogP contribution in [0.25, 0.3) is 0 Å². The van der Waals surface area contributed by atoms with Crippen LogP contribution in [-0.4, -0.2) is 5.91 Å². The lowest BCUT2D eigenvalue weighted by molar-refractivity contribution is 0.0952. The zero-order valence-corrected chi connectivity index (χ0v) is 12.5. The van der Waals surface area contributed by atoms with Gasteiger partial charge >= 0.3 is 0 Å². The molecule has 0 saturated carbocycles. The zero-order valence-electron chi connectivity index (χ0n) is 11.7. The second-order valence-electron chi connectivity index (χ2n) is 4.60. The molecule has 1 amide bonds. The molecule has 20 heavy (non-hydrogen) atoms. The number of hydrogen-bond acceptors (Lipinski definition) is 4. The van der Waals surface area contributed by atoms with Crippen molar-refractivity contribution in [1.29, 1.82) is 0 Å². The Kier molecular flexibility index (Phi) is 4.76. The van der Waals surface area contributed by atoms with Crippen LogP contribution in [0.3, 0.4) is 0 Å². The van der Waals surface area contributed by atoms with Gasteiger partial charge in [-0.05, 0) is 37.6 Å². The topological polar surface area (TPSA) is 67.2 Å². The fourth-order valence-corrected chi connectivity index (χ4v) is 2.84. The molecule has 106 valence electrons. The van der Waals surface area contributed by atoms with Gasteiger partial charge in [-0.15, -0.1) is 11.3 Å². The zero-order chi connectivity index (χ0) is 14.5. The number of rotatable bonds is 5. The maximum absolute atomic E-state index is 12.2. The molecule has 0 atom stereocenters. The fourth-order valence-electron chi connectivity index (χ4n) is 1.94. The van der Waals surface area contributed by atoms with Crippen molar-refractivity contribution in [2.45, 2.75) is 26.8 Å². The van der Waals surface area contributed by atoms with Gasteiger partial charge in [-0.2, -0.15) is 0 Å². The van der Waals surface area contributed by atoms with Crippen molar-refractivity contribution in [1.82, 2.24) is 5.32 Å². The van der Waals surface area contributed by atoms with Crippen LogP contribution in [0.1, 0.15) is 32.6 Å². The van der Waals surface area contributed by atoms with Gasteiger partial charge in [0.25, 0.3) is 5.91 Å². The van der Waals surface area contributed by atoms with Crippen LogP contribution in [0.5, 0.6) is 0 Å². The first kappa shape index (κ1) is 14.6. The third-order valence-corrected chi connectivity index (χ3v) is 4.29. The molecule has 1 heterocycles. The number of carbonyl (C=O) groups is 1. The van der Waals surface area contributed by atoms with Crippen molar-refractivity contribution in [3.8, 4) is 0 Å².